The molecule has 0 saturated heterocycles. The fraction of sp³-hybridized carbons (Fsp3) is 0.600. The van der Waals surface area contributed by atoms with Crippen LogP contribution < -0.4 is 11.1 Å². The van der Waals surface area contributed by atoms with E-state index >= 15 is 0 Å². The molecule has 2 atom stereocenters. The minimum atomic E-state index is -0.549. The highest BCUT2D eigenvalue weighted by atomic mass is 35.5. The third kappa shape index (κ3) is 6.96. The van der Waals surface area contributed by atoms with E-state index in [9.17, 15) is 9.59 Å². The summed E-state index contributed by atoms with van der Waals surface area (Å²) in [5.74, 6) is 0.0946. The molecule has 6 heteroatoms. The highest BCUT2D eigenvalue weighted by molar-refractivity contribution is 5.98. The Labute approximate surface area is 164 Å². The zero-order valence-corrected chi connectivity index (χ0v) is 17.6. The molecule has 0 aliphatic heterocycles. The molecule has 0 heterocycles. The van der Waals surface area contributed by atoms with Crippen molar-refractivity contribution in [2.75, 3.05) is 13.6 Å². The highest BCUT2D eigenvalue weighted by Gasteiger charge is 2.27. The number of likely N-dealkylation sites (N-methyl/N-ethyl adjacent to an activating group) is 1. The van der Waals surface area contributed by atoms with Crippen molar-refractivity contribution in [3.05, 3.63) is 35.4 Å². The molecular formula is C20H34ClN3O2. The Morgan fingerprint density at radius 2 is 1.69 bits per heavy atom. The summed E-state index contributed by atoms with van der Waals surface area (Å²) in [5, 5.41) is 2.90. The Morgan fingerprint density at radius 1 is 1.12 bits per heavy atom. The molecule has 1 rings (SSSR count). The van der Waals surface area contributed by atoms with Crippen molar-refractivity contribution in [3.8, 4) is 0 Å². The number of nitrogens with zero attached hydrogens (tertiary/aromatic N) is 1. The van der Waals surface area contributed by atoms with Gasteiger partial charge in [0, 0.05) is 25.2 Å². The number of carbonyl (C=O) groups is 2. The van der Waals surface area contributed by atoms with Crippen LogP contribution >= 0.6 is 12.4 Å². The first kappa shape index (κ1) is 24.4. The molecule has 2 unspecified atom stereocenters. The van der Waals surface area contributed by atoms with Gasteiger partial charge in [0.2, 0.25) is 5.91 Å². The zero-order valence-electron chi connectivity index (χ0n) is 16.8. The molecule has 0 radical (unpaired) electrons. The smallest absolute Gasteiger partial charge is 0.252 e. The van der Waals surface area contributed by atoms with Gasteiger partial charge >= 0.3 is 0 Å². The molecule has 0 aliphatic carbocycles. The number of nitrogens with one attached hydrogen (secondary N) is 1. The lowest BCUT2D eigenvalue weighted by Gasteiger charge is -2.28. The lowest BCUT2D eigenvalue weighted by Crippen LogP contribution is -2.51. The molecule has 0 aromatic heterocycles. The van der Waals surface area contributed by atoms with Gasteiger partial charge < -0.3 is 16.0 Å². The highest BCUT2D eigenvalue weighted by Crippen LogP contribution is 2.11. The van der Waals surface area contributed by atoms with Gasteiger partial charge in [-0.25, -0.2) is 0 Å². The van der Waals surface area contributed by atoms with E-state index in [1.54, 1.807) is 18.0 Å². The van der Waals surface area contributed by atoms with Crippen LogP contribution in [0.5, 0.6) is 0 Å². The van der Waals surface area contributed by atoms with E-state index < -0.39 is 6.04 Å². The predicted octanol–water partition coefficient (Wildman–Crippen LogP) is 3.00. The van der Waals surface area contributed by atoms with Gasteiger partial charge in [0.05, 0.1) is 0 Å². The van der Waals surface area contributed by atoms with E-state index in [2.05, 4.69) is 19.2 Å². The van der Waals surface area contributed by atoms with Crippen LogP contribution in [0.4, 0.5) is 0 Å². The molecule has 0 saturated carbocycles. The van der Waals surface area contributed by atoms with Crippen molar-refractivity contribution in [2.45, 2.75) is 53.1 Å². The number of rotatable bonds is 8. The standard InChI is InChI=1S/C20H33N3O2.ClH/c1-13(2)17(21)11-12-23(6)20(25)18(14(3)4)22-19(24)16-10-8-7-9-15(16)5;/h7-10,13-14,17-18H,11-12,21H2,1-6H3,(H,22,24);1H. The second-order valence-electron chi connectivity index (χ2n) is 7.47. The quantitative estimate of drug-likeness (QED) is 0.724. The Morgan fingerprint density at radius 3 is 2.19 bits per heavy atom. The largest absolute Gasteiger partial charge is 0.344 e. The lowest BCUT2D eigenvalue weighted by atomic mass is 10.00. The Balaban J connectivity index is 0.00000625. The summed E-state index contributed by atoms with van der Waals surface area (Å²) in [6.45, 7) is 10.5. The molecule has 0 fully saturated rings. The van der Waals surface area contributed by atoms with E-state index in [0.717, 1.165) is 12.0 Å². The molecule has 0 bridgehead atoms. The van der Waals surface area contributed by atoms with Crippen LogP contribution in [-0.2, 0) is 4.79 Å². The second-order valence-corrected chi connectivity index (χ2v) is 7.47. The molecule has 0 spiro atoms. The Kier molecular flexibility index (Phi) is 10.5. The van der Waals surface area contributed by atoms with Crippen LogP contribution in [0.15, 0.2) is 24.3 Å². The summed E-state index contributed by atoms with van der Waals surface area (Å²) in [4.78, 5) is 27.0. The van der Waals surface area contributed by atoms with Gasteiger partial charge in [0.25, 0.3) is 5.91 Å². The summed E-state index contributed by atoms with van der Waals surface area (Å²) in [6.07, 6.45) is 0.746. The number of benzene rings is 1. The van der Waals surface area contributed by atoms with E-state index in [0.29, 0.717) is 18.0 Å². The lowest BCUT2D eigenvalue weighted by molar-refractivity contribution is -0.133. The third-order valence-corrected chi connectivity index (χ3v) is 4.64. The zero-order chi connectivity index (χ0) is 19.1. The van der Waals surface area contributed by atoms with Crippen molar-refractivity contribution in [1.82, 2.24) is 10.2 Å². The summed E-state index contributed by atoms with van der Waals surface area (Å²) >= 11 is 0. The SMILES string of the molecule is Cc1ccccc1C(=O)NC(C(=O)N(C)CCC(N)C(C)C)C(C)C.Cl. The van der Waals surface area contributed by atoms with Crippen LogP contribution in [0.25, 0.3) is 0 Å². The number of amides is 2. The van der Waals surface area contributed by atoms with Gasteiger partial charge in [-0.2, -0.15) is 0 Å². The van der Waals surface area contributed by atoms with Crippen LogP contribution in [0.2, 0.25) is 0 Å². The number of hydrogen-bond donors (Lipinski definition) is 2. The van der Waals surface area contributed by atoms with E-state index in [-0.39, 0.29) is 36.2 Å². The average Bonchev–Trinajstić information content (AvgIpc) is 2.56. The monoisotopic (exact) mass is 383 g/mol. The summed E-state index contributed by atoms with van der Waals surface area (Å²) < 4.78 is 0. The molecule has 2 amide bonds. The molecule has 3 N–H and O–H groups in total. The number of nitrogens with two attached hydrogens (primary N) is 1. The van der Waals surface area contributed by atoms with E-state index in [4.69, 9.17) is 5.73 Å². The van der Waals surface area contributed by atoms with Crippen LogP contribution in [0.3, 0.4) is 0 Å². The van der Waals surface area contributed by atoms with Crippen LogP contribution in [-0.4, -0.2) is 42.4 Å². The fourth-order valence-corrected chi connectivity index (χ4v) is 2.58. The second kappa shape index (κ2) is 11.2. The van der Waals surface area contributed by atoms with Crippen molar-refractivity contribution in [3.63, 3.8) is 0 Å². The normalized spacial score (nSPS) is 13.1. The number of halogens is 1. The topological polar surface area (TPSA) is 75.4 Å². The Hall–Kier alpha value is -1.59. The van der Waals surface area contributed by atoms with Crippen molar-refractivity contribution >= 4 is 24.2 Å². The van der Waals surface area contributed by atoms with Gasteiger partial charge in [-0.05, 0) is 36.8 Å². The summed E-state index contributed by atoms with van der Waals surface area (Å²) in [6, 6.07) is 6.90. The molecule has 0 aliphatic rings. The van der Waals surface area contributed by atoms with Crippen molar-refractivity contribution < 1.29 is 9.59 Å². The first-order valence-corrected chi connectivity index (χ1v) is 9.02. The predicted molar refractivity (Wildman–Crippen MR) is 110 cm³/mol. The first-order chi connectivity index (χ1) is 11.6. The van der Waals surface area contributed by atoms with Crippen molar-refractivity contribution in [2.24, 2.45) is 17.6 Å². The van der Waals surface area contributed by atoms with Crippen LogP contribution in [0.1, 0.15) is 50.0 Å². The van der Waals surface area contributed by atoms with E-state index in [1.807, 2.05) is 39.0 Å². The molecule has 5 nitrogen and oxygen atoms in total. The molecule has 26 heavy (non-hydrogen) atoms. The third-order valence-electron chi connectivity index (χ3n) is 4.64. The van der Waals surface area contributed by atoms with Gasteiger partial charge in [-0.3, -0.25) is 9.59 Å². The van der Waals surface area contributed by atoms with Gasteiger partial charge in [0.15, 0.2) is 0 Å². The maximum absolute atomic E-state index is 12.8. The van der Waals surface area contributed by atoms with Gasteiger partial charge in [-0.15, -0.1) is 12.4 Å². The summed E-state index contributed by atoms with van der Waals surface area (Å²) in [7, 11) is 1.77. The molecule has 148 valence electrons. The minimum Gasteiger partial charge on any atom is -0.344 e. The molecular weight excluding hydrogens is 350 g/mol. The van der Waals surface area contributed by atoms with Gasteiger partial charge in [-0.1, -0.05) is 45.9 Å². The summed E-state index contributed by atoms with van der Waals surface area (Å²) in [5.41, 5.74) is 7.56. The number of hydrogen-bond acceptors (Lipinski definition) is 3. The van der Waals surface area contributed by atoms with E-state index in [1.165, 1.54) is 0 Å². The fourth-order valence-electron chi connectivity index (χ4n) is 2.58. The maximum atomic E-state index is 12.8. The van der Waals surface area contributed by atoms with Gasteiger partial charge in [0.1, 0.15) is 6.04 Å². The number of carbonyl (C=O) groups excluding carboxylic acids is 2. The van der Waals surface area contributed by atoms with Crippen LogP contribution in [0, 0.1) is 18.8 Å². The number of aryl methyl sites for hydroxylation is 1. The maximum Gasteiger partial charge on any atom is 0.252 e. The van der Waals surface area contributed by atoms with Crippen molar-refractivity contribution in [1.29, 1.82) is 0 Å². The Bertz CT molecular complexity index is 590. The minimum absolute atomic E-state index is 0. The molecule has 1 aromatic carbocycles. The average molecular weight is 384 g/mol. The first-order valence-electron chi connectivity index (χ1n) is 9.02. The molecule has 1 aromatic rings.